The van der Waals surface area contributed by atoms with Crippen molar-refractivity contribution in [3.63, 3.8) is 0 Å². The van der Waals surface area contributed by atoms with Gasteiger partial charge in [0.05, 0.1) is 25.6 Å². The van der Waals surface area contributed by atoms with Crippen molar-refractivity contribution in [2.45, 2.75) is 33.1 Å². The van der Waals surface area contributed by atoms with Crippen LogP contribution >= 0.6 is 0 Å². The van der Waals surface area contributed by atoms with Gasteiger partial charge >= 0.3 is 6.09 Å². The molecule has 0 saturated carbocycles. The van der Waals surface area contributed by atoms with Crippen LogP contribution < -0.4 is 24.8 Å². The van der Waals surface area contributed by atoms with Gasteiger partial charge in [-0.25, -0.2) is 9.78 Å². The number of hydrogen-bond acceptors (Lipinski definition) is 8. The molecule has 0 unspecified atom stereocenters. The largest absolute Gasteiger partial charge is 0.497 e. The third-order valence-electron chi connectivity index (χ3n) is 6.56. The van der Waals surface area contributed by atoms with Crippen LogP contribution in [-0.2, 0) is 0 Å². The Bertz CT molecular complexity index is 1230. The molecular weight excluding hydrogens is 470 g/mol. The van der Waals surface area contributed by atoms with Crippen LogP contribution in [0.15, 0.2) is 42.5 Å². The van der Waals surface area contributed by atoms with Gasteiger partial charge < -0.3 is 24.4 Å². The predicted molar refractivity (Wildman–Crippen MR) is 145 cm³/mol. The number of carbonyl (C=O) groups excluding carboxylic acids is 1. The highest BCUT2D eigenvalue weighted by molar-refractivity contribution is 5.88. The highest BCUT2D eigenvalue weighted by atomic mass is 16.6. The Kier molecular flexibility index (Phi) is 8.79. The molecule has 2 aromatic carbocycles. The molecule has 1 aromatic heterocycles. The van der Waals surface area contributed by atoms with E-state index >= 15 is 0 Å². The van der Waals surface area contributed by atoms with E-state index in [9.17, 15) is 4.79 Å². The zero-order chi connectivity index (χ0) is 26.2. The molecule has 2 heterocycles. The minimum absolute atomic E-state index is 0.151. The van der Waals surface area contributed by atoms with E-state index in [0.29, 0.717) is 28.8 Å². The lowest BCUT2D eigenvalue weighted by Crippen LogP contribution is -2.22. The summed E-state index contributed by atoms with van der Waals surface area (Å²) in [6.45, 7) is 8.22. The fraction of sp³-hybridized carbons (Fsp3) is 0.393. The molecule has 1 aliphatic rings. The number of anilines is 2. The summed E-state index contributed by atoms with van der Waals surface area (Å²) in [6.07, 6.45) is 2.85. The van der Waals surface area contributed by atoms with Gasteiger partial charge in [0.25, 0.3) is 0 Å². The van der Waals surface area contributed by atoms with Gasteiger partial charge in [-0.1, -0.05) is 18.2 Å². The van der Waals surface area contributed by atoms with Gasteiger partial charge in [0, 0.05) is 24.2 Å². The van der Waals surface area contributed by atoms with Gasteiger partial charge in [0.1, 0.15) is 11.5 Å². The molecular formula is C28H35N5O4. The number of carbonyl (C=O) groups is 1. The van der Waals surface area contributed by atoms with Crippen LogP contribution in [-0.4, -0.2) is 61.4 Å². The molecule has 0 spiro atoms. The fourth-order valence-corrected chi connectivity index (χ4v) is 4.36. The minimum Gasteiger partial charge on any atom is -0.497 e. The van der Waals surface area contributed by atoms with Crippen LogP contribution in [0.4, 0.5) is 16.4 Å². The second-order valence-electron chi connectivity index (χ2n) is 9.07. The number of nitrogens with one attached hydrogen (secondary N) is 2. The standard InChI is InChI=1S/C28H35N5O4/c1-19-9-7-10-22(20(19)2)24-18-26(32-27(30-24)29-13-8-16-33-14-5-6-15-33)37-28(34)31-23-12-11-21(35-3)17-25(23)36-4/h7,9-12,17-18H,5-6,8,13-16H2,1-4H3,(H,31,34)(H,29,30,32). The molecule has 0 radical (unpaired) electrons. The van der Waals surface area contributed by atoms with Gasteiger partial charge in [-0.05, 0) is 76.0 Å². The molecule has 9 heteroatoms. The average molecular weight is 506 g/mol. The van der Waals surface area contributed by atoms with Crippen LogP contribution in [0, 0.1) is 13.8 Å². The molecule has 37 heavy (non-hydrogen) atoms. The molecule has 0 atom stereocenters. The van der Waals surface area contributed by atoms with Crippen molar-refractivity contribution >= 4 is 17.7 Å². The molecule has 9 nitrogen and oxygen atoms in total. The number of benzene rings is 2. The van der Waals surface area contributed by atoms with Crippen molar-refractivity contribution < 1.29 is 19.0 Å². The summed E-state index contributed by atoms with van der Waals surface area (Å²) in [4.78, 5) is 24.5. The SMILES string of the molecule is COc1ccc(NC(=O)Oc2cc(-c3cccc(C)c3C)nc(NCCCN3CCCC3)n2)c(OC)c1. The maximum Gasteiger partial charge on any atom is 0.418 e. The number of nitrogens with zero attached hydrogens (tertiary/aromatic N) is 3. The fourth-order valence-electron chi connectivity index (χ4n) is 4.36. The number of rotatable bonds is 10. The van der Waals surface area contributed by atoms with E-state index in [1.807, 2.05) is 12.1 Å². The molecule has 1 fully saturated rings. The van der Waals surface area contributed by atoms with Gasteiger partial charge in [0.2, 0.25) is 11.8 Å². The molecule has 1 amide bonds. The summed E-state index contributed by atoms with van der Waals surface area (Å²) in [5.41, 5.74) is 4.37. The van der Waals surface area contributed by atoms with Gasteiger partial charge in [-0.15, -0.1) is 0 Å². The highest BCUT2D eigenvalue weighted by Gasteiger charge is 2.16. The Hall–Kier alpha value is -3.85. The van der Waals surface area contributed by atoms with Crippen LogP contribution in [0.5, 0.6) is 17.4 Å². The maximum absolute atomic E-state index is 12.8. The Morgan fingerprint density at radius 3 is 2.59 bits per heavy atom. The number of likely N-dealkylation sites (tertiary alicyclic amines) is 1. The first-order chi connectivity index (χ1) is 18.0. The van der Waals surface area contributed by atoms with E-state index < -0.39 is 6.09 Å². The molecule has 0 bridgehead atoms. The molecule has 0 aliphatic carbocycles. The molecule has 3 aromatic rings. The summed E-state index contributed by atoms with van der Waals surface area (Å²) < 4.78 is 16.2. The normalized spacial score (nSPS) is 13.3. The Labute approximate surface area is 218 Å². The summed E-state index contributed by atoms with van der Waals surface area (Å²) in [6, 6.07) is 12.8. The van der Waals surface area contributed by atoms with Crippen molar-refractivity contribution in [2.24, 2.45) is 0 Å². The first kappa shape index (κ1) is 26.2. The summed E-state index contributed by atoms with van der Waals surface area (Å²) >= 11 is 0. The van der Waals surface area contributed by atoms with E-state index in [0.717, 1.165) is 36.2 Å². The smallest absolute Gasteiger partial charge is 0.418 e. The Balaban J connectivity index is 1.52. The first-order valence-corrected chi connectivity index (χ1v) is 12.6. The lowest BCUT2D eigenvalue weighted by molar-refractivity contribution is 0.213. The van der Waals surface area contributed by atoms with Crippen molar-refractivity contribution in [3.8, 4) is 28.6 Å². The quantitative estimate of drug-likeness (QED) is 0.359. The average Bonchev–Trinajstić information content (AvgIpc) is 3.42. The monoisotopic (exact) mass is 505 g/mol. The lowest BCUT2D eigenvalue weighted by atomic mass is 10.0. The van der Waals surface area contributed by atoms with E-state index in [-0.39, 0.29) is 5.88 Å². The van der Waals surface area contributed by atoms with Crippen molar-refractivity contribution in [1.29, 1.82) is 0 Å². The van der Waals surface area contributed by atoms with Gasteiger partial charge in [0.15, 0.2) is 0 Å². The molecule has 1 saturated heterocycles. The second-order valence-corrected chi connectivity index (χ2v) is 9.07. The van der Waals surface area contributed by atoms with Crippen LogP contribution in [0.3, 0.4) is 0 Å². The van der Waals surface area contributed by atoms with Crippen molar-refractivity contribution in [3.05, 3.63) is 53.6 Å². The topological polar surface area (TPSA) is 97.8 Å². The molecule has 1 aliphatic heterocycles. The predicted octanol–water partition coefficient (Wildman–Crippen LogP) is 5.29. The third-order valence-corrected chi connectivity index (χ3v) is 6.56. The molecule has 196 valence electrons. The third kappa shape index (κ3) is 6.89. The van der Waals surface area contributed by atoms with E-state index in [2.05, 4.69) is 40.4 Å². The molecule has 2 N–H and O–H groups in total. The number of ether oxygens (including phenoxy) is 3. The summed E-state index contributed by atoms with van der Waals surface area (Å²) in [5.74, 6) is 1.64. The van der Waals surface area contributed by atoms with Crippen LogP contribution in [0.25, 0.3) is 11.3 Å². The zero-order valence-electron chi connectivity index (χ0n) is 22.0. The Morgan fingerprint density at radius 1 is 1.03 bits per heavy atom. The van der Waals surface area contributed by atoms with Crippen molar-refractivity contribution in [2.75, 3.05) is 51.0 Å². The number of hydrogen-bond donors (Lipinski definition) is 2. The maximum atomic E-state index is 12.8. The summed E-state index contributed by atoms with van der Waals surface area (Å²) in [7, 11) is 3.09. The van der Waals surface area contributed by atoms with E-state index in [1.165, 1.54) is 33.0 Å². The number of aromatic nitrogens is 2. The molecule has 4 rings (SSSR count). The van der Waals surface area contributed by atoms with E-state index in [4.69, 9.17) is 19.2 Å². The van der Waals surface area contributed by atoms with Crippen molar-refractivity contribution in [1.82, 2.24) is 14.9 Å². The summed E-state index contributed by atoms with van der Waals surface area (Å²) in [5, 5.41) is 6.03. The number of amides is 1. The minimum atomic E-state index is -0.686. The van der Waals surface area contributed by atoms with Gasteiger partial charge in [-0.3, -0.25) is 5.32 Å². The van der Waals surface area contributed by atoms with E-state index in [1.54, 1.807) is 31.4 Å². The zero-order valence-corrected chi connectivity index (χ0v) is 22.0. The number of methoxy groups -OCH3 is 2. The van der Waals surface area contributed by atoms with Crippen LogP contribution in [0.1, 0.15) is 30.4 Å². The van der Waals surface area contributed by atoms with Crippen LogP contribution in [0.2, 0.25) is 0 Å². The van der Waals surface area contributed by atoms with Gasteiger partial charge in [-0.2, -0.15) is 4.98 Å². The lowest BCUT2D eigenvalue weighted by Gasteiger charge is -2.15. The highest BCUT2D eigenvalue weighted by Crippen LogP contribution is 2.30. The first-order valence-electron chi connectivity index (χ1n) is 12.6. The Morgan fingerprint density at radius 2 is 1.84 bits per heavy atom. The number of aryl methyl sites for hydroxylation is 1. The second kappa shape index (κ2) is 12.4.